The highest BCUT2D eigenvalue weighted by Gasteiger charge is 2.16. The SMILES string of the molecule is Clc1cc2c(cc1NCc1c(Cl)cccc1Cl)OCO2. The van der Waals surface area contributed by atoms with Crippen LogP contribution in [0.25, 0.3) is 0 Å². The summed E-state index contributed by atoms with van der Waals surface area (Å²) >= 11 is 18.4. The Kier molecular flexibility index (Phi) is 3.83. The van der Waals surface area contributed by atoms with Gasteiger partial charge >= 0.3 is 0 Å². The third-order valence-electron chi connectivity index (χ3n) is 2.98. The normalized spacial score (nSPS) is 12.6. The van der Waals surface area contributed by atoms with E-state index in [1.54, 1.807) is 24.3 Å². The number of hydrogen-bond acceptors (Lipinski definition) is 3. The third kappa shape index (κ3) is 2.62. The van der Waals surface area contributed by atoms with Crippen LogP contribution in [-0.2, 0) is 6.54 Å². The van der Waals surface area contributed by atoms with E-state index in [2.05, 4.69) is 5.32 Å². The highest BCUT2D eigenvalue weighted by molar-refractivity contribution is 6.36. The van der Waals surface area contributed by atoms with Gasteiger partial charge in [0.25, 0.3) is 0 Å². The first kappa shape index (κ1) is 13.7. The van der Waals surface area contributed by atoms with Gasteiger partial charge in [-0.2, -0.15) is 0 Å². The van der Waals surface area contributed by atoms with Gasteiger partial charge in [0.1, 0.15) is 0 Å². The summed E-state index contributed by atoms with van der Waals surface area (Å²) in [5.74, 6) is 1.32. The minimum atomic E-state index is 0.214. The van der Waals surface area contributed by atoms with Crippen molar-refractivity contribution in [2.24, 2.45) is 0 Å². The number of ether oxygens (including phenoxy) is 2. The van der Waals surface area contributed by atoms with Crippen molar-refractivity contribution in [3.63, 3.8) is 0 Å². The van der Waals surface area contributed by atoms with Crippen molar-refractivity contribution in [3.05, 3.63) is 51.0 Å². The molecule has 104 valence electrons. The van der Waals surface area contributed by atoms with Gasteiger partial charge in [-0.1, -0.05) is 40.9 Å². The topological polar surface area (TPSA) is 30.5 Å². The van der Waals surface area contributed by atoms with Crippen LogP contribution in [-0.4, -0.2) is 6.79 Å². The lowest BCUT2D eigenvalue weighted by Gasteiger charge is -2.11. The van der Waals surface area contributed by atoms with E-state index in [0.29, 0.717) is 33.1 Å². The highest BCUT2D eigenvalue weighted by atomic mass is 35.5. The molecule has 0 saturated carbocycles. The van der Waals surface area contributed by atoms with Crippen molar-refractivity contribution < 1.29 is 9.47 Å². The number of benzene rings is 2. The number of hydrogen-bond donors (Lipinski definition) is 1. The molecule has 1 aliphatic heterocycles. The maximum Gasteiger partial charge on any atom is 0.231 e. The molecule has 0 aromatic heterocycles. The predicted molar refractivity (Wildman–Crippen MR) is 81.4 cm³/mol. The minimum Gasteiger partial charge on any atom is -0.454 e. The highest BCUT2D eigenvalue weighted by Crippen LogP contribution is 2.39. The van der Waals surface area contributed by atoms with Crippen LogP contribution in [0.2, 0.25) is 15.1 Å². The zero-order valence-corrected chi connectivity index (χ0v) is 12.5. The van der Waals surface area contributed by atoms with Crippen molar-refractivity contribution in [3.8, 4) is 11.5 Å². The molecule has 0 aliphatic carbocycles. The summed E-state index contributed by atoms with van der Waals surface area (Å²) in [5, 5.41) is 4.98. The molecule has 1 N–H and O–H groups in total. The molecule has 1 aliphatic rings. The standard InChI is InChI=1S/C14H10Cl3NO2/c15-9-2-1-3-10(16)8(9)6-18-12-5-14-13(4-11(12)17)19-7-20-14/h1-5,18H,6-7H2. The van der Waals surface area contributed by atoms with E-state index in [0.717, 1.165) is 11.3 Å². The molecule has 1 heterocycles. The molecule has 0 amide bonds. The molecule has 0 spiro atoms. The van der Waals surface area contributed by atoms with E-state index in [4.69, 9.17) is 44.3 Å². The Morgan fingerprint density at radius 1 is 0.950 bits per heavy atom. The van der Waals surface area contributed by atoms with Crippen LogP contribution in [0.1, 0.15) is 5.56 Å². The molecular formula is C14H10Cl3NO2. The van der Waals surface area contributed by atoms with E-state index in [1.807, 2.05) is 6.07 Å². The molecule has 2 aromatic carbocycles. The lowest BCUT2D eigenvalue weighted by atomic mass is 10.2. The van der Waals surface area contributed by atoms with Gasteiger partial charge in [0.15, 0.2) is 11.5 Å². The average molecular weight is 331 g/mol. The van der Waals surface area contributed by atoms with Crippen molar-refractivity contribution in [1.82, 2.24) is 0 Å². The molecular weight excluding hydrogens is 321 g/mol. The van der Waals surface area contributed by atoms with Gasteiger partial charge in [-0.05, 0) is 12.1 Å². The van der Waals surface area contributed by atoms with E-state index >= 15 is 0 Å². The second-order valence-corrected chi connectivity index (χ2v) is 5.46. The monoisotopic (exact) mass is 329 g/mol. The smallest absolute Gasteiger partial charge is 0.231 e. The lowest BCUT2D eigenvalue weighted by Crippen LogP contribution is -2.01. The van der Waals surface area contributed by atoms with Gasteiger partial charge in [-0.15, -0.1) is 0 Å². The van der Waals surface area contributed by atoms with E-state index in [-0.39, 0.29) is 6.79 Å². The fraction of sp³-hybridized carbons (Fsp3) is 0.143. The molecule has 2 aromatic rings. The number of nitrogens with one attached hydrogen (secondary N) is 1. The second kappa shape index (κ2) is 5.60. The van der Waals surface area contributed by atoms with Crippen molar-refractivity contribution in [1.29, 1.82) is 0 Å². The largest absolute Gasteiger partial charge is 0.454 e. The van der Waals surface area contributed by atoms with Crippen LogP contribution >= 0.6 is 34.8 Å². The van der Waals surface area contributed by atoms with Crippen LogP contribution in [0.3, 0.4) is 0 Å². The minimum absolute atomic E-state index is 0.214. The first-order chi connectivity index (χ1) is 9.65. The zero-order valence-electron chi connectivity index (χ0n) is 10.3. The molecule has 3 nitrogen and oxygen atoms in total. The summed E-state index contributed by atoms with van der Waals surface area (Å²) in [6.07, 6.45) is 0. The third-order valence-corrected chi connectivity index (χ3v) is 4.00. The van der Waals surface area contributed by atoms with Gasteiger partial charge in [0.05, 0.1) is 10.7 Å². The van der Waals surface area contributed by atoms with E-state index in [1.165, 1.54) is 0 Å². The summed E-state index contributed by atoms with van der Waals surface area (Å²) in [6.45, 7) is 0.684. The summed E-state index contributed by atoms with van der Waals surface area (Å²) in [7, 11) is 0. The maximum absolute atomic E-state index is 6.19. The first-order valence-corrected chi connectivity index (χ1v) is 7.04. The van der Waals surface area contributed by atoms with Crippen molar-refractivity contribution >= 4 is 40.5 Å². The first-order valence-electron chi connectivity index (χ1n) is 5.91. The molecule has 0 atom stereocenters. The molecule has 0 saturated heterocycles. The van der Waals surface area contributed by atoms with Gasteiger partial charge in [-0.3, -0.25) is 0 Å². The summed E-state index contributed by atoms with van der Waals surface area (Å²) < 4.78 is 10.6. The Bertz CT molecular complexity index is 641. The summed E-state index contributed by atoms with van der Waals surface area (Å²) in [4.78, 5) is 0. The summed E-state index contributed by atoms with van der Waals surface area (Å²) in [5.41, 5.74) is 1.57. The van der Waals surface area contributed by atoms with E-state index in [9.17, 15) is 0 Å². The van der Waals surface area contributed by atoms with Gasteiger partial charge in [-0.25, -0.2) is 0 Å². The molecule has 0 unspecified atom stereocenters. The zero-order chi connectivity index (χ0) is 14.1. The van der Waals surface area contributed by atoms with Crippen LogP contribution in [0.4, 0.5) is 5.69 Å². The number of rotatable bonds is 3. The van der Waals surface area contributed by atoms with Gasteiger partial charge < -0.3 is 14.8 Å². The van der Waals surface area contributed by atoms with Gasteiger partial charge in [0, 0.05) is 34.3 Å². The Morgan fingerprint density at radius 2 is 1.60 bits per heavy atom. The second-order valence-electron chi connectivity index (χ2n) is 4.24. The Hall–Kier alpha value is -1.29. The molecule has 0 fully saturated rings. The van der Waals surface area contributed by atoms with Crippen molar-refractivity contribution in [2.75, 3.05) is 12.1 Å². The summed E-state index contributed by atoms with van der Waals surface area (Å²) in [6, 6.07) is 8.93. The number of anilines is 1. The van der Waals surface area contributed by atoms with Crippen LogP contribution in [0.5, 0.6) is 11.5 Å². The fourth-order valence-corrected chi connectivity index (χ4v) is 2.69. The quantitative estimate of drug-likeness (QED) is 0.860. The maximum atomic E-state index is 6.19. The van der Waals surface area contributed by atoms with Gasteiger partial charge in [0.2, 0.25) is 6.79 Å². The lowest BCUT2D eigenvalue weighted by molar-refractivity contribution is 0.174. The average Bonchev–Trinajstić information content (AvgIpc) is 2.85. The van der Waals surface area contributed by atoms with Crippen LogP contribution < -0.4 is 14.8 Å². The Labute approximate surface area is 131 Å². The van der Waals surface area contributed by atoms with E-state index < -0.39 is 0 Å². The number of halogens is 3. The van der Waals surface area contributed by atoms with Crippen LogP contribution in [0.15, 0.2) is 30.3 Å². The molecule has 20 heavy (non-hydrogen) atoms. The number of fused-ring (bicyclic) bond motifs is 1. The fourth-order valence-electron chi connectivity index (χ4n) is 1.94. The Balaban J connectivity index is 1.82. The van der Waals surface area contributed by atoms with Crippen molar-refractivity contribution in [2.45, 2.75) is 6.54 Å². The predicted octanol–water partition coefficient (Wildman–Crippen LogP) is 4.99. The molecule has 3 rings (SSSR count). The molecule has 0 bridgehead atoms. The Morgan fingerprint density at radius 3 is 2.30 bits per heavy atom. The molecule has 0 radical (unpaired) electrons. The molecule has 6 heteroatoms. The van der Waals surface area contributed by atoms with Crippen LogP contribution in [0, 0.1) is 0 Å².